The van der Waals surface area contributed by atoms with Crippen molar-refractivity contribution < 1.29 is 14.3 Å². The third-order valence-corrected chi connectivity index (χ3v) is 8.16. The Labute approximate surface area is 112 Å². The van der Waals surface area contributed by atoms with Crippen molar-refractivity contribution in [1.29, 1.82) is 0 Å². The smallest absolute Gasteiger partial charge is 0.407 e. The summed E-state index contributed by atoms with van der Waals surface area (Å²) >= 11 is 0. The molecule has 5 heteroatoms. The van der Waals surface area contributed by atoms with E-state index in [1.54, 1.807) is 0 Å². The minimum Gasteiger partial charge on any atom is -0.465 e. The van der Waals surface area contributed by atoms with E-state index in [1.807, 2.05) is 20.8 Å². The Balaban J connectivity index is 4.46. The standard InChI is InChI=1S/C13H29NO3Si/c1-12(2,3)14(11(15)16)9-10-17-18(7,8)13(4,5)6/h9-10H2,1-8H3,(H,15,16). The molecule has 0 rings (SSSR count). The summed E-state index contributed by atoms with van der Waals surface area (Å²) in [4.78, 5) is 12.6. The van der Waals surface area contributed by atoms with Crippen LogP contribution in [0.3, 0.4) is 0 Å². The minimum atomic E-state index is -1.79. The van der Waals surface area contributed by atoms with E-state index >= 15 is 0 Å². The molecule has 0 bridgehead atoms. The van der Waals surface area contributed by atoms with Crippen LogP contribution in [0.1, 0.15) is 41.5 Å². The van der Waals surface area contributed by atoms with Gasteiger partial charge in [-0.3, -0.25) is 0 Å². The highest BCUT2D eigenvalue weighted by molar-refractivity contribution is 6.74. The molecule has 0 unspecified atom stereocenters. The van der Waals surface area contributed by atoms with Crippen LogP contribution in [0.4, 0.5) is 4.79 Å². The first kappa shape index (κ1) is 17.4. The molecule has 0 heterocycles. The molecule has 0 aliphatic heterocycles. The first-order valence-corrected chi connectivity index (χ1v) is 9.34. The van der Waals surface area contributed by atoms with Gasteiger partial charge in [-0.05, 0) is 38.9 Å². The maximum atomic E-state index is 11.2. The number of carboxylic acid groups (broad SMARTS) is 1. The predicted octanol–water partition coefficient (Wildman–Crippen LogP) is 3.79. The first-order chi connectivity index (χ1) is 7.79. The topological polar surface area (TPSA) is 49.8 Å². The number of rotatable bonds is 4. The zero-order valence-corrected chi connectivity index (χ0v) is 14.1. The van der Waals surface area contributed by atoms with Crippen LogP contribution in [0.15, 0.2) is 0 Å². The van der Waals surface area contributed by atoms with Crippen molar-refractivity contribution >= 4 is 14.4 Å². The van der Waals surface area contributed by atoms with Crippen molar-refractivity contribution in [2.45, 2.75) is 65.2 Å². The molecule has 0 atom stereocenters. The highest BCUT2D eigenvalue weighted by Crippen LogP contribution is 2.36. The van der Waals surface area contributed by atoms with Gasteiger partial charge in [-0.15, -0.1) is 0 Å². The summed E-state index contributed by atoms with van der Waals surface area (Å²) in [5.41, 5.74) is -0.386. The van der Waals surface area contributed by atoms with Crippen LogP contribution in [0, 0.1) is 0 Å². The number of hydrogen-bond acceptors (Lipinski definition) is 2. The van der Waals surface area contributed by atoms with Crippen LogP contribution in [0.25, 0.3) is 0 Å². The molecule has 0 aliphatic carbocycles. The van der Waals surface area contributed by atoms with E-state index in [-0.39, 0.29) is 10.6 Å². The van der Waals surface area contributed by atoms with Gasteiger partial charge in [-0.25, -0.2) is 4.79 Å². The highest BCUT2D eigenvalue weighted by Gasteiger charge is 2.37. The molecule has 0 aromatic rings. The number of hydrogen-bond donors (Lipinski definition) is 1. The Kier molecular flexibility index (Phi) is 5.44. The molecule has 0 fully saturated rings. The van der Waals surface area contributed by atoms with Crippen molar-refractivity contribution in [3.05, 3.63) is 0 Å². The summed E-state index contributed by atoms with van der Waals surface area (Å²) in [5.74, 6) is 0. The van der Waals surface area contributed by atoms with Crippen molar-refractivity contribution in [3.63, 3.8) is 0 Å². The Morgan fingerprint density at radius 1 is 1.17 bits per heavy atom. The largest absolute Gasteiger partial charge is 0.465 e. The van der Waals surface area contributed by atoms with Crippen LogP contribution < -0.4 is 0 Å². The van der Waals surface area contributed by atoms with Crippen LogP contribution in [0.2, 0.25) is 18.1 Å². The Morgan fingerprint density at radius 3 is 1.89 bits per heavy atom. The predicted molar refractivity (Wildman–Crippen MR) is 77.6 cm³/mol. The molecule has 0 aliphatic rings. The monoisotopic (exact) mass is 275 g/mol. The van der Waals surface area contributed by atoms with Crippen molar-refractivity contribution in [3.8, 4) is 0 Å². The molecule has 1 amide bonds. The fourth-order valence-electron chi connectivity index (χ4n) is 1.33. The van der Waals surface area contributed by atoms with Crippen LogP contribution in [-0.4, -0.2) is 43.1 Å². The number of carbonyl (C=O) groups is 1. The van der Waals surface area contributed by atoms with Gasteiger partial charge in [0, 0.05) is 12.1 Å². The molecular formula is C13H29NO3Si. The zero-order chi connectivity index (χ0) is 14.8. The van der Waals surface area contributed by atoms with E-state index in [0.29, 0.717) is 13.2 Å². The van der Waals surface area contributed by atoms with Gasteiger partial charge < -0.3 is 14.4 Å². The third kappa shape index (κ3) is 4.98. The van der Waals surface area contributed by atoms with E-state index in [9.17, 15) is 9.90 Å². The van der Waals surface area contributed by atoms with Crippen LogP contribution >= 0.6 is 0 Å². The Bertz CT molecular complexity index is 290. The summed E-state index contributed by atoms with van der Waals surface area (Å²) < 4.78 is 6.00. The van der Waals surface area contributed by atoms with E-state index in [1.165, 1.54) is 4.90 Å². The van der Waals surface area contributed by atoms with E-state index in [4.69, 9.17) is 4.43 Å². The average Bonchev–Trinajstić information content (AvgIpc) is 2.07. The molecule has 18 heavy (non-hydrogen) atoms. The lowest BCUT2D eigenvalue weighted by molar-refractivity contribution is 0.0873. The minimum absolute atomic E-state index is 0.156. The second-order valence-corrected chi connectivity index (χ2v) is 12.0. The zero-order valence-electron chi connectivity index (χ0n) is 13.1. The molecule has 4 nitrogen and oxygen atoms in total. The van der Waals surface area contributed by atoms with Gasteiger partial charge in [-0.2, -0.15) is 0 Å². The van der Waals surface area contributed by atoms with Gasteiger partial charge in [0.25, 0.3) is 0 Å². The summed E-state index contributed by atoms with van der Waals surface area (Å²) in [7, 11) is -1.79. The van der Waals surface area contributed by atoms with Crippen LogP contribution in [0.5, 0.6) is 0 Å². The van der Waals surface area contributed by atoms with Crippen molar-refractivity contribution in [2.75, 3.05) is 13.2 Å². The van der Waals surface area contributed by atoms with Gasteiger partial charge in [0.15, 0.2) is 8.32 Å². The molecule has 0 spiro atoms. The summed E-state index contributed by atoms with van der Waals surface area (Å²) in [6.07, 6.45) is -0.888. The Hall–Kier alpha value is -0.553. The SMILES string of the molecule is CC(C)(C)N(CCO[Si](C)(C)C(C)(C)C)C(=O)O. The number of amides is 1. The molecule has 0 radical (unpaired) electrons. The van der Waals surface area contributed by atoms with E-state index in [0.717, 1.165) is 0 Å². The van der Waals surface area contributed by atoms with Crippen molar-refractivity contribution in [1.82, 2.24) is 4.90 Å². The van der Waals surface area contributed by atoms with E-state index < -0.39 is 14.4 Å². The molecule has 1 N–H and O–H groups in total. The molecule has 108 valence electrons. The highest BCUT2D eigenvalue weighted by atomic mass is 28.4. The molecular weight excluding hydrogens is 246 g/mol. The first-order valence-electron chi connectivity index (χ1n) is 6.43. The van der Waals surface area contributed by atoms with Gasteiger partial charge in [0.2, 0.25) is 0 Å². The lowest BCUT2D eigenvalue weighted by Gasteiger charge is -2.38. The quantitative estimate of drug-likeness (QED) is 0.794. The fourth-order valence-corrected chi connectivity index (χ4v) is 2.36. The second kappa shape index (κ2) is 5.61. The fraction of sp³-hybridized carbons (Fsp3) is 0.923. The Morgan fingerprint density at radius 2 is 1.61 bits per heavy atom. The maximum Gasteiger partial charge on any atom is 0.407 e. The van der Waals surface area contributed by atoms with Gasteiger partial charge in [-0.1, -0.05) is 20.8 Å². The second-order valence-electron chi connectivity index (χ2n) is 7.21. The average molecular weight is 275 g/mol. The summed E-state index contributed by atoms with van der Waals surface area (Å²) in [5, 5.41) is 9.34. The van der Waals surface area contributed by atoms with Gasteiger partial charge >= 0.3 is 6.09 Å². The van der Waals surface area contributed by atoms with Gasteiger partial charge in [0.05, 0.1) is 6.61 Å². The molecule has 0 saturated carbocycles. The molecule has 0 aromatic carbocycles. The normalized spacial score (nSPS) is 13.6. The third-order valence-electron chi connectivity index (χ3n) is 3.62. The lowest BCUT2D eigenvalue weighted by atomic mass is 10.1. The summed E-state index contributed by atoms with van der Waals surface area (Å²) in [6, 6.07) is 0. The maximum absolute atomic E-state index is 11.2. The van der Waals surface area contributed by atoms with Gasteiger partial charge in [0.1, 0.15) is 0 Å². The van der Waals surface area contributed by atoms with E-state index in [2.05, 4.69) is 33.9 Å². The summed E-state index contributed by atoms with van der Waals surface area (Å²) in [6.45, 7) is 17.5. The van der Waals surface area contributed by atoms with Crippen molar-refractivity contribution in [2.24, 2.45) is 0 Å². The number of nitrogens with zero attached hydrogens (tertiary/aromatic N) is 1. The van der Waals surface area contributed by atoms with Crippen LogP contribution in [-0.2, 0) is 4.43 Å². The molecule has 0 aromatic heterocycles. The molecule has 0 saturated heterocycles. The lowest BCUT2D eigenvalue weighted by Crippen LogP contribution is -2.48.